The second-order valence-electron chi connectivity index (χ2n) is 9.16. The van der Waals surface area contributed by atoms with E-state index in [1.165, 1.54) is 7.11 Å². The van der Waals surface area contributed by atoms with Gasteiger partial charge in [0.15, 0.2) is 6.04 Å². The van der Waals surface area contributed by atoms with E-state index < -0.39 is 35.7 Å². The van der Waals surface area contributed by atoms with Gasteiger partial charge in [0, 0.05) is 25.0 Å². The Morgan fingerprint density at radius 2 is 1.59 bits per heavy atom. The number of aliphatic carboxylic acids is 1. The summed E-state index contributed by atoms with van der Waals surface area (Å²) in [5, 5.41) is 14.6. The number of fused-ring (bicyclic) bond motifs is 3. The van der Waals surface area contributed by atoms with Crippen LogP contribution in [0, 0.1) is 0 Å². The molecule has 182 valence electrons. The Kier molecular flexibility index (Phi) is 7.94. The first-order valence-electron chi connectivity index (χ1n) is 11.3. The van der Waals surface area contributed by atoms with Crippen LogP contribution in [0.2, 0.25) is 0 Å². The lowest BCUT2D eigenvalue weighted by atomic mass is 9.98. The average molecular weight is 469 g/mol. The molecule has 0 aromatic heterocycles. The van der Waals surface area contributed by atoms with Gasteiger partial charge in [-0.1, -0.05) is 48.5 Å². The van der Waals surface area contributed by atoms with Gasteiger partial charge >= 0.3 is 12.1 Å². The molecule has 2 aromatic rings. The molecular formula is C26H32N2O6. The van der Waals surface area contributed by atoms with Gasteiger partial charge < -0.3 is 25.2 Å². The number of carbonyl (C=O) groups is 3. The number of benzene rings is 2. The zero-order chi connectivity index (χ0) is 24.9. The molecule has 8 nitrogen and oxygen atoms in total. The number of nitrogens with one attached hydrogen (secondary N) is 2. The Labute approximate surface area is 199 Å². The molecule has 0 heterocycles. The van der Waals surface area contributed by atoms with E-state index in [9.17, 15) is 19.5 Å². The molecule has 0 aliphatic heterocycles. The third-order valence-electron chi connectivity index (χ3n) is 6.18. The van der Waals surface area contributed by atoms with E-state index in [2.05, 4.69) is 34.9 Å². The molecule has 0 radical (unpaired) electrons. The number of carbonyl (C=O) groups excluding carboxylic acids is 2. The molecule has 1 aliphatic rings. The third-order valence-corrected chi connectivity index (χ3v) is 6.18. The van der Waals surface area contributed by atoms with Crippen molar-refractivity contribution in [2.45, 2.75) is 57.2 Å². The van der Waals surface area contributed by atoms with Gasteiger partial charge in [-0.25, -0.2) is 9.59 Å². The lowest BCUT2D eigenvalue weighted by molar-refractivity contribution is -0.145. The maximum atomic E-state index is 12.6. The van der Waals surface area contributed by atoms with Crippen LogP contribution < -0.4 is 10.6 Å². The predicted molar refractivity (Wildman–Crippen MR) is 128 cm³/mol. The summed E-state index contributed by atoms with van der Waals surface area (Å²) in [6, 6.07) is 15.1. The number of rotatable bonds is 10. The van der Waals surface area contributed by atoms with Crippen molar-refractivity contribution in [2.75, 3.05) is 13.7 Å². The van der Waals surface area contributed by atoms with E-state index in [-0.39, 0.29) is 18.9 Å². The lowest BCUT2D eigenvalue weighted by Crippen LogP contribution is -2.49. The molecule has 0 saturated carbocycles. The van der Waals surface area contributed by atoms with Gasteiger partial charge in [-0.05, 0) is 49.4 Å². The van der Waals surface area contributed by atoms with Crippen LogP contribution in [0.4, 0.5) is 4.79 Å². The van der Waals surface area contributed by atoms with Crippen molar-refractivity contribution in [2.24, 2.45) is 0 Å². The number of carboxylic acid groups (broad SMARTS) is 1. The minimum Gasteiger partial charge on any atom is -0.480 e. The molecule has 2 unspecified atom stereocenters. The fourth-order valence-electron chi connectivity index (χ4n) is 4.16. The molecule has 0 fully saturated rings. The molecule has 1 aliphatic carbocycles. The number of alkyl carbamates (subject to hydrolysis) is 1. The lowest BCUT2D eigenvalue weighted by Gasteiger charge is -2.27. The molecule has 34 heavy (non-hydrogen) atoms. The van der Waals surface area contributed by atoms with Gasteiger partial charge in [0.1, 0.15) is 6.61 Å². The summed E-state index contributed by atoms with van der Waals surface area (Å²) in [6.07, 6.45) is -0.898. The fourth-order valence-corrected chi connectivity index (χ4v) is 4.16. The summed E-state index contributed by atoms with van der Waals surface area (Å²) >= 11 is 0. The first-order valence-corrected chi connectivity index (χ1v) is 11.3. The minimum absolute atomic E-state index is 0.0386. The third kappa shape index (κ3) is 5.94. The highest BCUT2D eigenvalue weighted by Gasteiger charge is 2.31. The van der Waals surface area contributed by atoms with Crippen LogP contribution in [-0.2, 0) is 19.1 Å². The van der Waals surface area contributed by atoms with E-state index in [0.717, 1.165) is 22.3 Å². The molecule has 2 atom stereocenters. The molecule has 0 saturated heterocycles. The molecular weight excluding hydrogens is 436 g/mol. The zero-order valence-corrected chi connectivity index (χ0v) is 20.0. The Morgan fingerprint density at radius 1 is 1.03 bits per heavy atom. The Bertz CT molecular complexity index is 1010. The van der Waals surface area contributed by atoms with Crippen LogP contribution in [-0.4, -0.2) is 54.5 Å². The highest BCUT2D eigenvalue weighted by atomic mass is 16.5. The van der Waals surface area contributed by atoms with Crippen molar-refractivity contribution in [1.82, 2.24) is 10.6 Å². The van der Waals surface area contributed by atoms with E-state index in [4.69, 9.17) is 9.47 Å². The number of ether oxygens (including phenoxy) is 2. The maximum Gasteiger partial charge on any atom is 0.407 e. The van der Waals surface area contributed by atoms with Crippen LogP contribution in [0.5, 0.6) is 0 Å². The summed E-state index contributed by atoms with van der Waals surface area (Å²) in [7, 11) is 1.38. The van der Waals surface area contributed by atoms with Gasteiger partial charge in [0.05, 0.1) is 6.10 Å². The Balaban J connectivity index is 1.53. The van der Waals surface area contributed by atoms with Gasteiger partial charge in [-0.2, -0.15) is 0 Å². The van der Waals surface area contributed by atoms with Crippen LogP contribution in [0.25, 0.3) is 11.1 Å². The maximum absolute atomic E-state index is 12.6. The second kappa shape index (κ2) is 10.7. The monoisotopic (exact) mass is 468 g/mol. The summed E-state index contributed by atoms with van der Waals surface area (Å²) in [4.78, 5) is 36.2. The topological polar surface area (TPSA) is 114 Å². The number of hydrogen-bond acceptors (Lipinski definition) is 5. The highest BCUT2D eigenvalue weighted by Crippen LogP contribution is 2.44. The molecule has 2 amide bonds. The van der Waals surface area contributed by atoms with Crippen LogP contribution in [0.3, 0.4) is 0 Å². The van der Waals surface area contributed by atoms with E-state index in [0.29, 0.717) is 6.42 Å². The van der Waals surface area contributed by atoms with Crippen molar-refractivity contribution in [3.63, 3.8) is 0 Å². The molecule has 2 aromatic carbocycles. The van der Waals surface area contributed by atoms with E-state index >= 15 is 0 Å². The van der Waals surface area contributed by atoms with Gasteiger partial charge in [-0.15, -0.1) is 0 Å². The quantitative estimate of drug-likeness (QED) is 0.490. The molecule has 3 N–H and O–H groups in total. The molecule has 3 rings (SSSR count). The SMILES string of the molecule is COC(C)C(NC(=O)CCC(C)(C)NC(=O)OCC1c2ccccc2-c2ccccc21)C(=O)O. The standard InChI is InChI=1S/C26H32N2O6/c1-16(33-4)23(24(30)31)27-22(29)13-14-26(2,3)28-25(32)34-15-21-19-11-7-5-9-17(19)18-10-6-8-12-20(18)21/h5-12,16,21,23H,13-15H2,1-4H3,(H,27,29)(H,28,32)(H,30,31). The summed E-state index contributed by atoms with van der Waals surface area (Å²) in [5.41, 5.74) is 3.84. The smallest absolute Gasteiger partial charge is 0.407 e. The van der Waals surface area contributed by atoms with Gasteiger partial charge in [-0.3, -0.25) is 4.79 Å². The summed E-state index contributed by atoms with van der Waals surface area (Å²) in [5.74, 6) is -1.64. The van der Waals surface area contributed by atoms with Crippen LogP contribution >= 0.6 is 0 Å². The molecule has 8 heteroatoms. The van der Waals surface area contributed by atoms with Crippen molar-refractivity contribution in [3.05, 3.63) is 59.7 Å². The Hall–Kier alpha value is -3.39. The number of hydrogen-bond donors (Lipinski definition) is 3. The van der Waals surface area contributed by atoms with Crippen LogP contribution in [0.1, 0.15) is 50.7 Å². The number of methoxy groups -OCH3 is 1. The van der Waals surface area contributed by atoms with E-state index in [1.54, 1.807) is 20.8 Å². The number of carboxylic acids is 1. The first-order chi connectivity index (χ1) is 16.1. The zero-order valence-electron chi connectivity index (χ0n) is 20.0. The summed E-state index contributed by atoms with van der Waals surface area (Å²) < 4.78 is 10.6. The van der Waals surface area contributed by atoms with Crippen LogP contribution in [0.15, 0.2) is 48.5 Å². The second-order valence-corrected chi connectivity index (χ2v) is 9.16. The number of amides is 2. The highest BCUT2D eigenvalue weighted by molar-refractivity contribution is 5.84. The predicted octanol–water partition coefficient (Wildman–Crippen LogP) is 3.69. The molecule has 0 bridgehead atoms. The van der Waals surface area contributed by atoms with Crippen molar-refractivity contribution < 1.29 is 29.0 Å². The normalized spacial score (nSPS) is 14.5. The van der Waals surface area contributed by atoms with Gasteiger partial charge in [0.2, 0.25) is 5.91 Å². The largest absolute Gasteiger partial charge is 0.480 e. The van der Waals surface area contributed by atoms with Crippen molar-refractivity contribution >= 4 is 18.0 Å². The minimum atomic E-state index is -1.17. The van der Waals surface area contributed by atoms with Crippen molar-refractivity contribution in [3.8, 4) is 11.1 Å². The summed E-state index contributed by atoms with van der Waals surface area (Å²) in [6.45, 7) is 5.34. The average Bonchev–Trinajstić information content (AvgIpc) is 3.12. The van der Waals surface area contributed by atoms with Gasteiger partial charge in [0.25, 0.3) is 0 Å². The Morgan fingerprint density at radius 3 is 2.12 bits per heavy atom. The first kappa shape index (κ1) is 25.2. The van der Waals surface area contributed by atoms with E-state index in [1.807, 2.05) is 24.3 Å². The fraction of sp³-hybridized carbons (Fsp3) is 0.423. The van der Waals surface area contributed by atoms with Crippen molar-refractivity contribution in [1.29, 1.82) is 0 Å². The molecule has 0 spiro atoms.